The van der Waals surface area contributed by atoms with E-state index in [4.69, 9.17) is 11.6 Å². The number of hydrazone groups is 1. The molecule has 0 aliphatic rings. The summed E-state index contributed by atoms with van der Waals surface area (Å²) in [5.41, 5.74) is -0.446. The van der Waals surface area contributed by atoms with Gasteiger partial charge in [-0.1, -0.05) is 39.3 Å². The summed E-state index contributed by atoms with van der Waals surface area (Å²) in [6.45, 7) is 13.5. The fourth-order valence-electron chi connectivity index (χ4n) is 2.50. The van der Waals surface area contributed by atoms with Crippen LogP contribution in [0.2, 0.25) is 5.15 Å². The highest BCUT2D eigenvalue weighted by Crippen LogP contribution is 2.30. The Bertz CT molecular complexity index is 1070. The van der Waals surface area contributed by atoms with Crippen molar-refractivity contribution < 1.29 is 13.2 Å². The first kappa shape index (κ1) is 26.6. The summed E-state index contributed by atoms with van der Waals surface area (Å²) in [6.07, 6.45) is -4.60. The molecule has 0 spiro atoms. The Morgan fingerprint density at radius 1 is 1.26 bits per heavy atom. The van der Waals surface area contributed by atoms with Gasteiger partial charge < -0.3 is 0 Å². The van der Waals surface area contributed by atoms with Crippen molar-refractivity contribution in [2.45, 2.75) is 53.9 Å². The summed E-state index contributed by atoms with van der Waals surface area (Å²) >= 11 is 7.14. The summed E-state index contributed by atoms with van der Waals surface area (Å²) in [7, 11) is 1.72. The number of halogens is 4. The summed E-state index contributed by atoms with van der Waals surface area (Å²) < 4.78 is 40.7. The zero-order valence-electron chi connectivity index (χ0n) is 18.3. The van der Waals surface area contributed by atoms with Crippen LogP contribution in [0, 0.1) is 6.92 Å². The number of aromatic nitrogens is 4. The van der Waals surface area contributed by atoms with Gasteiger partial charge in [-0.15, -0.1) is 11.3 Å². The molecule has 3 heterocycles. The van der Waals surface area contributed by atoms with Crippen LogP contribution in [0.1, 0.15) is 49.7 Å². The van der Waals surface area contributed by atoms with Gasteiger partial charge in [0.1, 0.15) is 5.15 Å². The van der Waals surface area contributed by atoms with Gasteiger partial charge in [-0.2, -0.15) is 23.4 Å². The maximum absolute atomic E-state index is 12.8. The van der Waals surface area contributed by atoms with Gasteiger partial charge in [0.25, 0.3) is 5.56 Å². The molecule has 3 aromatic rings. The number of aryl methyl sites for hydroxylation is 1. The number of nitrogens with zero attached hydrogens (tertiary/aromatic N) is 6. The normalized spacial score (nSPS) is 10.8. The van der Waals surface area contributed by atoms with E-state index in [0.29, 0.717) is 11.5 Å². The third kappa shape index (κ3) is 6.30. The van der Waals surface area contributed by atoms with Crippen molar-refractivity contribution in [2.75, 3.05) is 7.05 Å². The van der Waals surface area contributed by atoms with Crippen LogP contribution in [0.5, 0.6) is 0 Å². The summed E-state index contributed by atoms with van der Waals surface area (Å²) in [5.74, 6) is 0. The highest BCUT2D eigenvalue weighted by molar-refractivity contribution is 7.17. The topological polar surface area (TPSA) is 67.8 Å². The van der Waals surface area contributed by atoms with Crippen molar-refractivity contribution in [3.05, 3.63) is 49.6 Å². The van der Waals surface area contributed by atoms with E-state index in [1.165, 1.54) is 21.8 Å². The minimum Gasteiger partial charge on any atom is -0.295 e. The van der Waals surface area contributed by atoms with Crippen molar-refractivity contribution in [3.63, 3.8) is 0 Å². The number of alkyl halides is 3. The molecular weight excluding hydrogens is 453 g/mol. The van der Waals surface area contributed by atoms with Gasteiger partial charge in [-0.25, -0.2) is 9.67 Å². The van der Waals surface area contributed by atoms with E-state index < -0.39 is 11.9 Å². The standard InChI is InChI=1S/C15H14ClF3N6OS.2C2H6/c1-8-10(7-23(3)20-2)25-13(26)4-9(21-14(25)27-8)6-24-12(16)5-11(22-24)15(17,18)19;2*1-2/h4-5H,2,6-7H2,1,3H3;2*1-2H3. The van der Waals surface area contributed by atoms with Gasteiger partial charge in [0.15, 0.2) is 10.7 Å². The van der Waals surface area contributed by atoms with Gasteiger partial charge in [0, 0.05) is 30.8 Å². The number of rotatable bonds is 5. The molecule has 0 saturated heterocycles. The minimum absolute atomic E-state index is 0.152. The number of hydrogen-bond acceptors (Lipinski definition) is 6. The quantitative estimate of drug-likeness (QED) is 0.379. The van der Waals surface area contributed by atoms with Crippen LogP contribution in [0.25, 0.3) is 4.96 Å². The maximum atomic E-state index is 12.8. The van der Waals surface area contributed by atoms with E-state index in [1.807, 2.05) is 34.6 Å². The summed E-state index contributed by atoms with van der Waals surface area (Å²) in [4.78, 5) is 18.3. The molecule has 0 fully saturated rings. The maximum Gasteiger partial charge on any atom is 0.435 e. The van der Waals surface area contributed by atoms with Gasteiger partial charge in [-0.05, 0) is 6.92 Å². The smallest absolute Gasteiger partial charge is 0.295 e. The van der Waals surface area contributed by atoms with Crippen LogP contribution < -0.4 is 5.56 Å². The fraction of sp³-hybridized carbons (Fsp3) is 0.474. The van der Waals surface area contributed by atoms with Gasteiger partial charge >= 0.3 is 6.18 Å². The molecule has 0 N–H and O–H groups in total. The average Bonchev–Trinajstić information content (AvgIpc) is 3.25. The first-order valence-electron chi connectivity index (χ1n) is 9.59. The molecule has 3 aromatic heterocycles. The van der Waals surface area contributed by atoms with Crippen LogP contribution in [-0.2, 0) is 19.3 Å². The first-order valence-corrected chi connectivity index (χ1v) is 10.8. The van der Waals surface area contributed by atoms with Crippen molar-refractivity contribution in [3.8, 4) is 0 Å². The SMILES string of the molecule is C=NN(C)Cc1c(C)sc2nc(Cn3nc(C(F)(F)F)cc3Cl)cc(=O)n12.CC.CC. The summed E-state index contributed by atoms with van der Waals surface area (Å²) in [6, 6.07) is 1.99. The molecule has 0 unspecified atom stereocenters. The third-order valence-electron chi connectivity index (χ3n) is 3.81. The zero-order valence-corrected chi connectivity index (χ0v) is 19.9. The molecule has 172 valence electrons. The second kappa shape index (κ2) is 11.3. The van der Waals surface area contributed by atoms with Crippen LogP contribution in [0.3, 0.4) is 0 Å². The molecule has 3 rings (SSSR count). The van der Waals surface area contributed by atoms with Gasteiger partial charge in [0.2, 0.25) is 0 Å². The predicted octanol–water partition coefficient (Wildman–Crippen LogP) is 5.08. The molecule has 0 amide bonds. The van der Waals surface area contributed by atoms with Crippen LogP contribution in [-0.4, -0.2) is 37.9 Å². The molecule has 0 aliphatic carbocycles. The van der Waals surface area contributed by atoms with E-state index in [0.717, 1.165) is 21.3 Å². The van der Waals surface area contributed by atoms with E-state index in [-0.39, 0.29) is 23.0 Å². The highest BCUT2D eigenvalue weighted by Gasteiger charge is 2.34. The Balaban J connectivity index is 0.00000113. The van der Waals surface area contributed by atoms with E-state index in [9.17, 15) is 18.0 Å². The number of fused-ring (bicyclic) bond motifs is 1. The molecule has 0 atom stereocenters. The number of thiazole rings is 1. The third-order valence-corrected chi connectivity index (χ3v) is 5.12. The largest absolute Gasteiger partial charge is 0.435 e. The number of hydrogen-bond donors (Lipinski definition) is 0. The second-order valence-electron chi connectivity index (χ2n) is 5.77. The van der Waals surface area contributed by atoms with E-state index in [1.54, 1.807) is 12.1 Å². The van der Waals surface area contributed by atoms with E-state index >= 15 is 0 Å². The molecule has 0 bridgehead atoms. The van der Waals surface area contributed by atoms with Crippen molar-refractivity contribution in [2.24, 2.45) is 5.10 Å². The molecular formula is C19H26ClF3N6OS. The highest BCUT2D eigenvalue weighted by atomic mass is 35.5. The van der Waals surface area contributed by atoms with Gasteiger partial charge in [-0.3, -0.25) is 14.2 Å². The Kier molecular flexibility index (Phi) is 9.70. The molecule has 0 aromatic carbocycles. The fourth-order valence-corrected chi connectivity index (χ4v) is 3.71. The Morgan fingerprint density at radius 3 is 2.39 bits per heavy atom. The Morgan fingerprint density at radius 2 is 1.87 bits per heavy atom. The first-order chi connectivity index (χ1) is 14.6. The predicted molar refractivity (Wildman–Crippen MR) is 119 cm³/mol. The molecule has 7 nitrogen and oxygen atoms in total. The monoisotopic (exact) mass is 478 g/mol. The van der Waals surface area contributed by atoms with Crippen molar-refractivity contribution in [1.82, 2.24) is 24.2 Å². The molecule has 0 aliphatic heterocycles. The van der Waals surface area contributed by atoms with Gasteiger partial charge in [0.05, 0.1) is 24.5 Å². The minimum atomic E-state index is -4.60. The molecule has 12 heteroatoms. The second-order valence-corrected chi connectivity index (χ2v) is 7.34. The summed E-state index contributed by atoms with van der Waals surface area (Å²) in [5, 5.41) is 8.62. The molecule has 0 saturated carbocycles. The Hall–Kier alpha value is -2.40. The van der Waals surface area contributed by atoms with Crippen LogP contribution >= 0.6 is 22.9 Å². The lowest BCUT2D eigenvalue weighted by atomic mass is 10.3. The lowest BCUT2D eigenvalue weighted by Gasteiger charge is -2.12. The van der Waals surface area contributed by atoms with Crippen LogP contribution in [0.4, 0.5) is 13.2 Å². The molecule has 31 heavy (non-hydrogen) atoms. The average molecular weight is 479 g/mol. The van der Waals surface area contributed by atoms with Crippen molar-refractivity contribution in [1.29, 1.82) is 0 Å². The Labute approximate surface area is 187 Å². The van der Waals surface area contributed by atoms with Crippen LogP contribution in [0.15, 0.2) is 22.0 Å². The van der Waals surface area contributed by atoms with Crippen molar-refractivity contribution >= 4 is 34.6 Å². The van der Waals surface area contributed by atoms with E-state index in [2.05, 4.69) is 21.9 Å². The lowest BCUT2D eigenvalue weighted by molar-refractivity contribution is -0.141. The zero-order chi connectivity index (χ0) is 23.9. The lowest BCUT2D eigenvalue weighted by Crippen LogP contribution is -2.21. The molecule has 0 radical (unpaired) electrons.